The van der Waals surface area contributed by atoms with Crippen molar-refractivity contribution < 1.29 is 19.4 Å². The highest BCUT2D eigenvalue weighted by Gasteiger charge is 2.33. The third-order valence-electron chi connectivity index (χ3n) is 2.91. The molecule has 0 saturated heterocycles. The molecule has 0 bridgehead atoms. The molecule has 1 rings (SSSR count). The average Bonchev–Trinajstić information content (AvgIpc) is 2.40. The number of nitrogens with one attached hydrogen (secondary N) is 1. The van der Waals surface area contributed by atoms with Gasteiger partial charge in [-0.25, -0.2) is 4.79 Å². The summed E-state index contributed by atoms with van der Waals surface area (Å²) in [6.45, 7) is 5.03. The van der Waals surface area contributed by atoms with Crippen molar-refractivity contribution in [1.82, 2.24) is 5.32 Å². The smallest absolute Gasteiger partial charge is 0.326 e. The van der Waals surface area contributed by atoms with Crippen LogP contribution in [0.25, 0.3) is 0 Å². The van der Waals surface area contributed by atoms with Gasteiger partial charge in [0, 0.05) is 5.02 Å². The zero-order valence-electron chi connectivity index (χ0n) is 12.4. The average molecular weight is 314 g/mol. The van der Waals surface area contributed by atoms with Gasteiger partial charge in [-0.1, -0.05) is 24.9 Å². The summed E-state index contributed by atoms with van der Waals surface area (Å²) in [4.78, 5) is 23.3. The molecule has 0 fully saturated rings. The number of hydrogen-bond donors (Lipinski definition) is 2. The number of carboxylic acid groups (broad SMARTS) is 1. The second-order valence-corrected chi connectivity index (χ2v) is 5.66. The van der Waals surface area contributed by atoms with E-state index in [9.17, 15) is 9.59 Å². The van der Waals surface area contributed by atoms with Crippen LogP contribution in [0.4, 0.5) is 0 Å². The summed E-state index contributed by atoms with van der Waals surface area (Å²) in [5.41, 5.74) is -1.19. The molecule has 1 aromatic rings. The van der Waals surface area contributed by atoms with E-state index in [0.717, 1.165) is 0 Å². The third-order valence-corrected chi connectivity index (χ3v) is 3.17. The van der Waals surface area contributed by atoms with Crippen molar-refractivity contribution in [2.24, 2.45) is 0 Å². The zero-order valence-corrected chi connectivity index (χ0v) is 13.1. The normalized spacial score (nSPS) is 12.6. The van der Waals surface area contributed by atoms with Gasteiger partial charge in [-0.05, 0) is 44.5 Å². The molecular weight excluding hydrogens is 294 g/mol. The van der Waals surface area contributed by atoms with Crippen molar-refractivity contribution in [3.63, 3.8) is 0 Å². The Hall–Kier alpha value is -1.75. The fraction of sp³-hybridized carbons (Fsp3) is 0.467. The second-order valence-electron chi connectivity index (χ2n) is 5.22. The highest BCUT2D eigenvalue weighted by atomic mass is 35.5. The fourth-order valence-electron chi connectivity index (χ4n) is 1.72. The van der Waals surface area contributed by atoms with Crippen molar-refractivity contribution in [2.45, 2.75) is 45.3 Å². The number of carbonyl (C=O) groups is 2. The quantitative estimate of drug-likeness (QED) is 0.811. The monoisotopic (exact) mass is 313 g/mol. The minimum Gasteiger partial charge on any atom is -0.480 e. The first-order valence-electron chi connectivity index (χ1n) is 6.74. The van der Waals surface area contributed by atoms with E-state index < -0.39 is 23.5 Å². The topological polar surface area (TPSA) is 75.6 Å². The summed E-state index contributed by atoms with van der Waals surface area (Å²) in [5, 5.41) is 12.1. The summed E-state index contributed by atoms with van der Waals surface area (Å²) in [5.74, 6) is -1.03. The van der Waals surface area contributed by atoms with Gasteiger partial charge in [-0.2, -0.15) is 0 Å². The lowest BCUT2D eigenvalue weighted by Gasteiger charge is -2.27. The van der Waals surface area contributed by atoms with E-state index in [1.807, 2.05) is 6.92 Å². The van der Waals surface area contributed by atoms with Crippen LogP contribution in [0, 0.1) is 0 Å². The van der Waals surface area contributed by atoms with Gasteiger partial charge in [0.15, 0.2) is 5.60 Å². The molecule has 1 aromatic carbocycles. The molecule has 2 N–H and O–H groups in total. The first kappa shape index (κ1) is 17.3. The number of rotatable bonds is 7. The van der Waals surface area contributed by atoms with Crippen LogP contribution in [-0.4, -0.2) is 28.6 Å². The fourth-order valence-corrected chi connectivity index (χ4v) is 1.85. The molecule has 6 heteroatoms. The van der Waals surface area contributed by atoms with Crippen molar-refractivity contribution in [3.05, 3.63) is 29.3 Å². The Morgan fingerprint density at radius 2 is 1.90 bits per heavy atom. The Kier molecular flexibility index (Phi) is 6.03. The number of carboxylic acids is 1. The van der Waals surface area contributed by atoms with Crippen molar-refractivity contribution in [2.75, 3.05) is 0 Å². The van der Waals surface area contributed by atoms with Crippen LogP contribution in [0.5, 0.6) is 5.75 Å². The van der Waals surface area contributed by atoms with Gasteiger partial charge in [-0.15, -0.1) is 0 Å². The molecule has 0 saturated carbocycles. The van der Waals surface area contributed by atoms with Gasteiger partial charge in [-0.3, -0.25) is 4.79 Å². The number of ether oxygens (including phenoxy) is 1. The van der Waals surface area contributed by atoms with Gasteiger partial charge in [0.2, 0.25) is 0 Å². The lowest BCUT2D eigenvalue weighted by Crippen LogP contribution is -2.52. The highest BCUT2D eigenvalue weighted by molar-refractivity contribution is 6.30. The predicted molar refractivity (Wildman–Crippen MR) is 80.6 cm³/mol. The second kappa shape index (κ2) is 7.31. The third kappa shape index (κ3) is 5.27. The van der Waals surface area contributed by atoms with E-state index in [0.29, 0.717) is 23.6 Å². The van der Waals surface area contributed by atoms with Crippen LogP contribution in [0.1, 0.15) is 33.6 Å². The van der Waals surface area contributed by atoms with E-state index in [1.54, 1.807) is 38.1 Å². The summed E-state index contributed by atoms with van der Waals surface area (Å²) in [6, 6.07) is 5.70. The molecular formula is C15H20ClNO4. The minimum atomic E-state index is -1.19. The summed E-state index contributed by atoms with van der Waals surface area (Å²) in [7, 11) is 0. The van der Waals surface area contributed by atoms with Gasteiger partial charge >= 0.3 is 5.97 Å². The molecule has 0 spiro atoms. The Morgan fingerprint density at radius 1 is 1.33 bits per heavy atom. The number of carbonyl (C=O) groups excluding carboxylic acids is 1. The number of hydrogen-bond acceptors (Lipinski definition) is 3. The molecule has 0 aliphatic carbocycles. The van der Waals surface area contributed by atoms with E-state index in [1.165, 1.54) is 0 Å². The minimum absolute atomic E-state index is 0.373. The van der Waals surface area contributed by atoms with Gasteiger partial charge in [0.25, 0.3) is 5.91 Å². The number of benzene rings is 1. The summed E-state index contributed by atoms with van der Waals surface area (Å²) in [6.07, 6.45) is 1.04. The molecule has 21 heavy (non-hydrogen) atoms. The van der Waals surface area contributed by atoms with Crippen molar-refractivity contribution in [3.8, 4) is 5.75 Å². The molecule has 5 nitrogen and oxygen atoms in total. The highest BCUT2D eigenvalue weighted by Crippen LogP contribution is 2.21. The number of aliphatic carboxylic acids is 1. The van der Waals surface area contributed by atoms with Crippen LogP contribution in [0.2, 0.25) is 5.02 Å². The standard InChI is InChI=1S/C15H20ClNO4/c1-4-5-12(13(18)19)17-14(20)15(2,3)21-11-8-6-10(16)7-9-11/h6-9,12H,4-5H2,1-3H3,(H,17,20)(H,18,19)/t12-/m1/s1. The maximum atomic E-state index is 12.2. The van der Waals surface area contributed by atoms with E-state index in [4.69, 9.17) is 21.4 Å². The van der Waals surface area contributed by atoms with Gasteiger partial charge in [0.1, 0.15) is 11.8 Å². The Morgan fingerprint density at radius 3 is 2.38 bits per heavy atom. The zero-order chi connectivity index (χ0) is 16.0. The summed E-state index contributed by atoms with van der Waals surface area (Å²) < 4.78 is 5.61. The molecule has 116 valence electrons. The molecule has 1 amide bonds. The largest absolute Gasteiger partial charge is 0.480 e. The van der Waals surface area contributed by atoms with Gasteiger partial charge < -0.3 is 15.2 Å². The van der Waals surface area contributed by atoms with Crippen LogP contribution in [-0.2, 0) is 9.59 Å². The van der Waals surface area contributed by atoms with Crippen LogP contribution in [0.3, 0.4) is 0 Å². The van der Waals surface area contributed by atoms with Crippen molar-refractivity contribution in [1.29, 1.82) is 0 Å². The van der Waals surface area contributed by atoms with E-state index in [2.05, 4.69) is 5.32 Å². The van der Waals surface area contributed by atoms with Crippen LogP contribution >= 0.6 is 11.6 Å². The molecule has 0 heterocycles. The van der Waals surface area contributed by atoms with Crippen LogP contribution < -0.4 is 10.1 Å². The summed E-state index contributed by atoms with van der Waals surface area (Å²) >= 11 is 5.78. The maximum Gasteiger partial charge on any atom is 0.326 e. The van der Waals surface area contributed by atoms with Gasteiger partial charge in [0.05, 0.1) is 0 Å². The van der Waals surface area contributed by atoms with Crippen LogP contribution in [0.15, 0.2) is 24.3 Å². The van der Waals surface area contributed by atoms with Crippen molar-refractivity contribution >= 4 is 23.5 Å². The lowest BCUT2D eigenvalue weighted by atomic mass is 10.1. The first-order chi connectivity index (χ1) is 9.76. The maximum absolute atomic E-state index is 12.2. The SMILES string of the molecule is CCC[C@@H](NC(=O)C(C)(C)Oc1ccc(Cl)cc1)C(=O)O. The van der Waals surface area contributed by atoms with E-state index >= 15 is 0 Å². The first-order valence-corrected chi connectivity index (χ1v) is 7.12. The molecule has 1 atom stereocenters. The Bertz CT molecular complexity index is 499. The Balaban J connectivity index is 2.74. The molecule has 0 radical (unpaired) electrons. The lowest BCUT2D eigenvalue weighted by molar-refractivity contribution is -0.145. The molecule has 0 aliphatic heterocycles. The molecule has 0 aliphatic rings. The number of halogens is 1. The number of amides is 1. The molecule has 0 aromatic heterocycles. The van der Waals surface area contributed by atoms with E-state index in [-0.39, 0.29) is 0 Å². The Labute approximate surface area is 129 Å². The molecule has 0 unspecified atom stereocenters. The predicted octanol–water partition coefficient (Wildman–Crippen LogP) is 2.87.